The van der Waals surface area contributed by atoms with Gasteiger partial charge in [-0.3, -0.25) is 9.59 Å². The number of anilines is 1. The van der Waals surface area contributed by atoms with Gasteiger partial charge in [0, 0.05) is 18.2 Å². The number of hydrogen-bond donors (Lipinski definition) is 3. The first-order valence-electron chi connectivity index (χ1n) is 5.36. The fourth-order valence-corrected chi connectivity index (χ4v) is 1.19. The highest BCUT2D eigenvalue weighted by Crippen LogP contribution is 2.08. The molecule has 0 aliphatic carbocycles. The lowest BCUT2D eigenvalue weighted by atomic mass is 10.2. The largest absolute Gasteiger partial charge is 0.384 e. The molecule has 0 unspecified atom stereocenters. The molecular weight excluding hydrogens is 232 g/mol. The predicted molar refractivity (Wildman–Crippen MR) is 67.7 cm³/mol. The Bertz CT molecular complexity index is 483. The zero-order valence-electron chi connectivity index (χ0n) is 9.99. The van der Waals surface area contributed by atoms with Crippen LogP contribution in [0.2, 0.25) is 0 Å². The minimum atomic E-state index is -0.292. The van der Waals surface area contributed by atoms with Crippen molar-refractivity contribution in [1.29, 1.82) is 0 Å². The third-order valence-electron chi connectivity index (χ3n) is 1.98. The van der Waals surface area contributed by atoms with Crippen molar-refractivity contribution in [1.82, 2.24) is 5.32 Å². The van der Waals surface area contributed by atoms with E-state index in [4.69, 9.17) is 5.11 Å². The maximum absolute atomic E-state index is 11.4. The molecule has 0 saturated heterocycles. The summed E-state index contributed by atoms with van der Waals surface area (Å²) in [5.41, 5.74) is 1.38. The molecule has 0 radical (unpaired) electrons. The predicted octanol–water partition coefficient (Wildman–Crippen LogP) is 0.105. The molecule has 1 rings (SSSR count). The SMILES string of the molecule is CC(=O)NCC(=O)Nc1ccc(C#CCO)cc1. The Morgan fingerprint density at radius 2 is 1.94 bits per heavy atom. The highest BCUT2D eigenvalue weighted by Gasteiger charge is 2.02. The van der Waals surface area contributed by atoms with E-state index in [-0.39, 0.29) is 25.0 Å². The van der Waals surface area contributed by atoms with Gasteiger partial charge in [0.25, 0.3) is 0 Å². The zero-order chi connectivity index (χ0) is 13.4. The first-order valence-corrected chi connectivity index (χ1v) is 5.36. The highest BCUT2D eigenvalue weighted by molar-refractivity contribution is 5.94. The van der Waals surface area contributed by atoms with Crippen molar-refractivity contribution in [2.45, 2.75) is 6.92 Å². The van der Waals surface area contributed by atoms with E-state index in [1.165, 1.54) is 6.92 Å². The van der Waals surface area contributed by atoms with Crippen molar-refractivity contribution in [3.63, 3.8) is 0 Å². The molecule has 0 spiro atoms. The van der Waals surface area contributed by atoms with Gasteiger partial charge in [0.2, 0.25) is 11.8 Å². The average molecular weight is 246 g/mol. The number of aliphatic hydroxyl groups excluding tert-OH is 1. The van der Waals surface area contributed by atoms with Gasteiger partial charge >= 0.3 is 0 Å². The van der Waals surface area contributed by atoms with E-state index >= 15 is 0 Å². The Balaban J connectivity index is 2.53. The van der Waals surface area contributed by atoms with Gasteiger partial charge in [-0.1, -0.05) is 11.8 Å². The molecule has 2 amide bonds. The third-order valence-corrected chi connectivity index (χ3v) is 1.98. The molecule has 5 nitrogen and oxygen atoms in total. The summed E-state index contributed by atoms with van der Waals surface area (Å²) in [6.45, 7) is 1.11. The molecule has 0 aliphatic rings. The molecule has 0 aliphatic heterocycles. The molecule has 5 heteroatoms. The Morgan fingerprint density at radius 1 is 1.28 bits per heavy atom. The maximum Gasteiger partial charge on any atom is 0.243 e. The van der Waals surface area contributed by atoms with Crippen LogP contribution in [0.3, 0.4) is 0 Å². The smallest absolute Gasteiger partial charge is 0.243 e. The van der Waals surface area contributed by atoms with Crippen LogP contribution in [0.4, 0.5) is 5.69 Å². The second-order valence-corrected chi connectivity index (χ2v) is 3.50. The Labute approximate surface area is 105 Å². The fourth-order valence-electron chi connectivity index (χ4n) is 1.19. The summed E-state index contributed by atoms with van der Waals surface area (Å²) in [6.07, 6.45) is 0. The molecular formula is C13H14N2O3. The van der Waals surface area contributed by atoms with Crippen LogP contribution in [0.5, 0.6) is 0 Å². The van der Waals surface area contributed by atoms with E-state index in [0.717, 1.165) is 5.56 Å². The van der Waals surface area contributed by atoms with Gasteiger partial charge in [0.1, 0.15) is 6.61 Å². The van der Waals surface area contributed by atoms with Gasteiger partial charge in [0.15, 0.2) is 0 Å². The Kier molecular flexibility index (Phi) is 5.42. The van der Waals surface area contributed by atoms with Crippen molar-refractivity contribution >= 4 is 17.5 Å². The first-order chi connectivity index (χ1) is 8.61. The van der Waals surface area contributed by atoms with E-state index in [9.17, 15) is 9.59 Å². The summed E-state index contributed by atoms with van der Waals surface area (Å²) in [4.78, 5) is 22.0. The molecule has 1 aromatic rings. The normalized spacial score (nSPS) is 9.00. The number of benzene rings is 1. The molecule has 0 aromatic heterocycles. The van der Waals surface area contributed by atoms with Crippen LogP contribution in [0.1, 0.15) is 12.5 Å². The fraction of sp³-hybridized carbons (Fsp3) is 0.231. The van der Waals surface area contributed by atoms with Gasteiger partial charge in [-0.05, 0) is 24.3 Å². The van der Waals surface area contributed by atoms with Crippen LogP contribution in [0.15, 0.2) is 24.3 Å². The van der Waals surface area contributed by atoms with Crippen LogP contribution in [0, 0.1) is 11.8 Å². The van der Waals surface area contributed by atoms with E-state index in [2.05, 4.69) is 22.5 Å². The number of hydrogen-bond acceptors (Lipinski definition) is 3. The second-order valence-electron chi connectivity index (χ2n) is 3.50. The van der Waals surface area contributed by atoms with Crippen molar-refractivity contribution < 1.29 is 14.7 Å². The quantitative estimate of drug-likeness (QED) is 0.662. The second kappa shape index (κ2) is 7.09. The number of aliphatic hydroxyl groups is 1. The van der Waals surface area contributed by atoms with Gasteiger partial charge in [-0.2, -0.15) is 0 Å². The summed E-state index contributed by atoms with van der Waals surface area (Å²) in [5, 5.41) is 13.6. The van der Waals surface area contributed by atoms with E-state index in [0.29, 0.717) is 5.69 Å². The third kappa shape index (κ3) is 5.14. The Hall–Kier alpha value is -2.32. The van der Waals surface area contributed by atoms with Crippen LogP contribution in [-0.4, -0.2) is 30.1 Å². The molecule has 0 fully saturated rings. The number of amides is 2. The molecule has 0 saturated carbocycles. The average Bonchev–Trinajstić information content (AvgIpc) is 2.35. The van der Waals surface area contributed by atoms with Crippen LogP contribution < -0.4 is 10.6 Å². The molecule has 0 bridgehead atoms. The topological polar surface area (TPSA) is 78.4 Å². The van der Waals surface area contributed by atoms with Crippen LogP contribution in [0.25, 0.3) is 0 Å². The lowest BCUT2D eigenvalue weighted by Crippen LogP contribution is -2.31. The number of carbonyl (C=O) groups is 2. The summed E-state index contributed by atoms with van der Waals surface area (Å²) in [5.74, 6) is 4.73. The summed E-state index contributed by atoms with van der Waals surface area (Å²) in [6, 6.07) is 6.87. The zero-order valence-corrected chi connectivity index (χ0v) is 9.99. The van der Waals surface area contributed by atoms with E-state index in [1.807, 2.05) is 0 Å². The van der Waals surface area contributed by atoms with Gasteiger partial charge in [-0.15, -0.1) is 0 Å². The van der Waals surface area contributed by atoms with E-state index in [1.54, 1.807) is 24.3 Å². The van der Waals surface area contributed by atoms with Gasteiger partial charge in [-0.25, -0.2) is 0 Å². The molecule has 3 N–H and O–H groups in total. The Morgan fingerprint density at radius 3 is 2.50 bits per heavy atom. The minimum absolute atomic E-state index is 0.0542. The minimum Gasteiger partial charge on any atom is -0.384 e. The lowest BCUT2D eigenvalue weighted by Gasteiger charge is -2.05. The molecule has 0 heterocycles. The summed E-state index contributed by atoms with van der Waals surface area (Å²) < 4.78 is 0. The van der Waals surface area contributed by atoms with Crippen LogP contribution >= 0.6 is 0 Å². The van der Waals surface area contributed by atoms with Gasteiger partial charge in [0.05, 0.1) is 6.54 Å². The summed E-state index contributed by atoms with van der Waals surface area (Å²) in [7, 11) is 0. The highest BCUT2D eigenvalue weighted by atomic mass is 16.2. The molecule has 1 aromatic carbocycles. The molecule has 0 atom stereocenters. The molecule has 94 valence electrons. The maximum atomic E-state index is 11.4. The van der Waals surface area contributed by atoms with Crippen molar-refractivity contribution in [3.05, 3.63) is 29.8 Å². The monoisotopic (exact) mass is 246 g/mol. The molecule has 18 heavy (non-hydrogen) atoms. The number of carbonyl (C=O) groups excluding carboxylic acids is 2. The van der Waals surface area contributed by atoms with Gasteiger partial charge < -0.3 is 15.7 Å². The van der Waals surface area contributed by atoms with Crippen LogP contribution in [-0.2, 0) is 9.59 Å². The lowest BCUT2D eigenvalue weighted by molar-refractivity contribution is -0.122. The van der Waals surface area contributed by atoms with Crippen molar-refractivity contribution in [2.75, 3.05) is 18.5 Å². The standard InChI is InChI=1S/C13H14N2O3/c1-10(17)14-9-13(18)15-12-6-4-11(5-7-12)3-2-8-16/h4-7,16H,8-9H2,1H3,(H,14,17)(H,15,18). The van der Waals surface area contributed by atoms with E-state index < -0.39 is 0 Å². The number of nitrogens with one attached hydrogen (secondary N) is 2. The first kappa shape index (κ1) is 13.7. The number of rotatable bonds is 3. The van der Waals surface area contributed by atoms with Crippen molar-refractivity contribution in [3.8, 4) is 11.8 Å². The summed E-state index contributed by atoms with van der Waals surface area (Å²) >= 11 is 0. The van der Waals surface area contributed by atoms with Crippen molar-refractivity contribution in [2.24, 2.45) is 0 Å².